The largest absolute Gasteiger partial charge is 0.354 e. The number of hydrogen-bond acceptors (Lipinski definition) is 7. The fraction of sp³-hybridized carbons (Fsp3) is 0.136. The van der Waals surface area contributed by atoms with Crippen molar-refractivity contribution in [1.29, 1.82) is 5.26 Å². The van der Waals surface area contributed by atoms with Gasteiger partial charge < -0.3 is 5.32 Å². The standard InChI is InChI=1S/C22H17ClN6S/c23-17-5-1-4-16(11-17)20-14-30-21(28-20)18(12-24)19-7-10-27-22(29-19)26-9-6-15-3-2-8-25-13-15/h1-5,7-8,10-11,13-14,18H,6,9H2,(H,26,27,29). The summed E-state index contributed by atoms with van der Waals surface area (Å²) in [7, 11) is 0. The number of thiazole rings is 1. The minimum atomic E-state index is -0.565. The van der Waals surface area contributed by atoms with Crippen LogP contribution < -0.4 is 5.32 Å². The van der Waals surface area contributed by atoms with E-state index in [0.29, 0.717) is 28.2 Å². The average Bonchev–Trinajstić information content (AvgIpc) is 3.25. The van der Waals surface area contributed by atoms with Crippen LogP contribution in [0.15, 0.2) is 66.4 Å². The minimum absolute atomic E-state index is 0.489. The van der Waals surface area contributed by atoms with E-state index in [-0.39, 0.29) is 0 Å². The summed E-state index contributed by atoms with van der Waals surface area (Å²) in [5.74, 6) is -0.0759. The Balaban J connectivity index is 1.48. The summed E-state index contributed by atoms with van der Waals surface area (Å²) >= 11 is 7.52. The van der Waals surface area contributed by atoms with Gasteiger partial charge in [0.25, 0.3) is 0 Å². The zero-order valence-electron chi connectivity index (χ0n) is 15.9. The van der Waals surface area contributed by atoms with E-state index >= 15 is 0 Å². The second kappa shape index (κ2) is 9.44. The van der Waals surface area contributed by atoms with Gasteiger partial charge in [0.1, 0.15) is 10.9 Å². The SMILES string of the molecule is N#CC(c1ccnc(NCCc2cccnc2)n1)c1nc(-c2cccc(Cl)c2)cs1. The molecule has 0 aliphatic rings. The summed E-state index contributed by atoms with van der Waals surface area (Å²) in [5.41, 5.74) is 3.46. The van der Waals surface area contributed by atoms with Crippen LogP contribution in [0.4, 0.5) is 5.95 Å². The number of nitriles is 1. The Labute approximate surface area is 183 Å². The van der Waals surface area contributed by atoms with Crippen molar-refractivity contribution in [2.45, 2.75) is 12.3 Å². The Morgan fingerprint density at radius 2 is 2.07 bits per heavy atom. The summed E-state index contributed by atoms with van der Waals surface area (Å²) in [6.07, 6.45) is 6.05. The van der Waals surface area contributed by atoms with E-state index < -0.39 is 5.92 Å². The van der Waals surface area contributed by atoms with E-state index in [2.05, 4.69) is 31.3 Å². The molecular formula is C22H17ClN6S. The molecule has 0 aliphatic heterocycles. The highest BCUT2D eigenvalue weighted by molar-refractivity contribution is 7.10. The van der Waals surface area contributed by atoms with Crippen LogP contribution in [-0.4, -0.2) is 26.5 Å². The monoisotopic (exact) mass is 432 g/mol. The minimum Gasteiger partial charge on any atom is -0.354 e. The highest BCUT2D eigenvalue weighted by atomic mass is 35.5. The predicted molar refractivity (Wildman–Crippen MR) is 118 cm³/mol. The van der Waals surface area contributed by atoms with Crippen LogP contribution in [0.2, 0.25) is 5.02 Å². The molecule has 0 bridgehead atoms. The second-order valence-corrected chi connectivity index (χ2v) is 7.81. The lowest BCUT2D eigenvalue weighted by molar-refractivity contribution is 0.913. The van der Waals surface area contributed by atoms with Gasteiger partial charge in [0.05, 0.1) is 17.5 Å². The highest BCUT2D eigenvalue weighted by Gasteiger charge is 2.20. The number of benzene rings is 1. The van der Waals surface area contributed by atoms with E-state index in [1.165, 1.54) is 11.3 Å². The molecule has 0 spiro atoms. The van der Waals surface area contributed by atoms with E-state index in [0.717, 1.165) is 23.2 Å². The molecule has 1 atom stereocenters. The molecule has 0 amide bonds. The smallest absolute Gasteiger partial charge is 0.222 e. The van der Waals surface area contributed by atoms with Crippen LogP contribution in [-0.2, 0) is 6.42 Å². The third kappa shape index (κ3) is 4.79. The van der Waals surface area contributed by atoms with Gasteiger partial charge in [0.2, 0.25) is 5.95 Å². The normalized spacial score (nSPS) is 11.6. The molecule has 0 aliphatic carbocycles. The second-order valence-electron chi connectivity index (χ2n) is 6.49. The molecular weight excluding hydrogens is 416 g/mol. The maximum absolute atomic E-state index is 9.78. The third-order valence-corrected chi connectivity index (χ3v) is 5.56. The number of nitrogens with one attached hydrogen (secondary N) is 1. The predicted octanol–water partition coefficient (Wildman–Crippen LogP) is 4.96. The van der Waals surface area contributed by atoms with Crippen molar-refractivity contribution in [3.63, 3.8) is 0 Å². The lowest BCUT2D eigenvalue weighted by Gasteiger charge is -2.09. The van der Waals surface area contributed by atoms with Crippen molar-refractivity contribution in [3.8, 4) is 17.3 Å². The van der Waals surface area contributed by atoms with Crippen LogP contribution >= 0.6 is 22.9 Å². The Morgan fingerprint density at radius 1 is 1.13 bits per heavy atom. The van der Waals surface area contributed by atoms with Gasteiger partial charge in [-0.1, -0.05) is 29.8 Å². The molecule has 1 N–H and O–H groups in total. The summed E-state index contributed by atoms with van der Waals surface area (Å²) in [5, 5.41) is 16.3. The number of anilines is 1. The summed E-state index contributed by atoms with van der Waals surface area (Å²) in [6, 6.07) is 15.5. The number of pyridine rings is 1. The van der Waals surface area contributed by atoms with Crippen molar-refractivity contribution < 1.29 is 0 Å². The van der Waals surface area contributed by atoms with Crippen molar-refractivity contribution in [1.82, 2.24) is 19.9 Å². The van der Waals surface area contributed by atoms with Gasteiger partial charge in [-0.2, -0.15) is 5.26 Å². The van der Waals surface area contributed by atoms with Crippen LogP contribution in [0.25, 0.3) is 11.3 Å². The number of rotatable bonds is 7. The van der Waals surface area contributed by atoms with Gasteiger partial charge in [0, 0.05) is 41.1 Å². The lowest BCUT2D eigenvalue weighted by Crippen LogP contribution is -2.10. The lowest BCUT2D eigenvalue weighted by atomic mass is 10.1. The quantitative estimate of drug-likeness (QED) is 0.444. The first-order valence-corrected chi connectivity index (χ1v) is 10.6. The Hall–Kier alpha value is -3.34. The molecule has 4 rings (SSSR count). The molecule has 3 heterocycles. The van der Waals surface area contributed by atoms with E-state index in [1.54, 1.807) is 18.5 Å². The number of hydrogen-bond donors (Lipinski definition) is 1. The van der Waals surface area contributed by atoms with Crippen molar-refractivity contribution >= 4 is 28.9 Å². The van der Waals surface area contributed by atoms with Crippen molar-refractivity contribution in [2.75, 3.05) is 11.9 Å². The first-order chi connectivity index (χ1) is 14.7. The topological polar surface area (TPSA) is 87.4 Å². The molecule has 0 saturated carbocycles. The first kappa shape index (κ1) is 20.0. The molecule has 4 aromatic rings. The molecule has 0 radical (unpaired) electrons. The van der Waals surface area contributed by atoms with Gasteiger partial charge in [-0.25, -0.2) is 15.0 Å². The summed E-state index contributed by atoms with van der Waals surface area (Å²) in [6.45, 7) is 0.669. The third-order valence-electron chi connectivity index (χ3n) is 4.41. The van der Waals surface area contributed by atoms with Crippen LogP contribution in [0.1, 0.15) is 22.2 Å². The average molecular weight is 433 g/mol. The number of halogens is 1. The molecule has 6 nitrogen and oxygen atoms in total. The van der Waals surface area contributed by atoms with Crippen molar-refractivity contribution in [2.24, 2.45) is 0 Å². The van der Waals surface area contributed by atoms with Gasteiger partial charge in [-0.15, -0.1) is 11.3 Å². The zero-order chi connectivity index (χ0) is 20.8. The van der Waals surface area contributed by atoms with E-state index in [9.17, 15) is 5.26 Å². The van der Waals surface area contributed by atoms with Gasteiger partial charge in [-0.05, 0) is 36.2 Å². The summed E-state index contributed by atoms with van der Waals surface area (Å²) in [4.78, 5) is 17.6. The van der Waals surface area contributed by atoms with E-state index in [4.69, 9.17) is 11.6 Å². The molecule has 1 aromatic carbocycles. The van der Waals surface area contributed by atoms with Gasteiger partial charge >= 0.3 is 0 Å². The fourth-order valence-corrected chi connectivity index (χ4v) is 4.00. The number of aromatic nitrogens is 4. The first-order valence-electron chi connectivity index (χ1n) is 9.29. The molecule has 148 valence electrons. The van der Waals surface area contributed by atoms with Crippen molar-refractivity contribution in [3.05, 3.63) is 87.7 Å². The Morgan fingerprint density at radius 3 is 2.87 bits per heavy atom. The molecule has 8 heteroatoms. The molecule has 0 saturated heterocycles. The molecule has 1 unspecified atom stereocenters. The van der Waals surface area contributed by atoms with Crippen LogP contribution in [0, 0.1) is 11.3 Å². The zero-order valence-corrected chi connectivity index (χ0v) is 17.4. The van der Waals surface area contributed by atoms with Gasteiger partial charge in [0.15, 0.2) is 0 Å². The summed E-state index contributed by atoms with van der Waals surface area (Å²) < 4.78 is 0. The highest BCUT2D eigenvalue weighted by Crippen LogP contribution is 2.30. The Kier molecular flexibility index (Phi) is 6.28. The molecule has 3 aromatic heterocycles. The Bertz CT molecular complexity index is 1170. The van der Waals surface area contributed by atoms with E-state index in [1.807, 2.05) is 48.0 Å². The number of nitrogens with zero attached hydrogens (tertiary/aromatic N) is 5. The van der Waals surface area contributed by atoms with Gasteiger partial charge in [-0.3, -0.25) is 4.98 Å². The van der Waals surface area contributed by atoms with Crippen LogP contribution in [0.3, 0.4) is 0 Å². The fourth-order valence-electron chi connectivity index (χ4n) is 2.93. The maximum Gasteiger partial charge on any atom is 0.222 e. The molecule has 0 fully saturated rings. The molecule has 30 heavy (non-hydrogen) atoms. The van der Waals surface area contributed by atoms with Crippen LogP contribution in [0.5, 0.6) is 0 Å². The maximum atomic E-state index is 9.78.